The highest BCUT2D eigenvalue weighted by molar-refractivity contribution is 5.80. The van der Waals surface area contributed by atoms with E-state index in [-0.39, 0.29) is 12.2 Å². The van der Waals surface area contributed by atoms with Crippen molar-refractivity contribution in [3.05, 3.63) is 0 Å². The summed E-state index contributed by atoms with van der Waals surface area (Å²) in [6.45, 7) is 2.04. The number of hydrogen-bond acceptors (Lipinski definition) is 3. The van der Waals surface area contributed by atoms with Gasteiger partial charge in [-0.25, -0.2) is 0 Å². The van der Waals surface area contributed by atoms with E-state index in [9.17, 15) is 4.79 Å². The Bertz CT molecular complexity index is 189. The lowest BCUT2D eigenvalue weighted by Gasteiger charge is -2.21. The molecule has 0 saturated carbocycles. The first-order chi connectivity index (χ1) is 5.83. The third-order valence-electron chi connectivity index (χ3n) is 2.25. The summed E-state index contributed by atoms with van der Waals surface area (Å²) in [7, 11) is 0. The molecule has 3 nitrogen and oxygen atoms in total. The van der Waals surface area contributed by atoms with Crippen molar-refractivity contribution in [3.63, 3.8) is 0 Å². The molecule has 0 spiro atoms. The van der Waals surface area contributed by atoms with Crippen LogP contribution >= 0.6 is 0 Å². The fraction of sp³-hybridized carbons (Fsp3) is 0.778. The van der Waals surface area contributed by atoms with Crippen LogP contribution in [0, 0.1) is 17.2 Å². The zero-order chi connectivity index (χ0) is 8.81. The number of ketones is 1. The maximum Gasteiger partial charge on any atom is 0.147 e. The first-order valence-electron chi connectivity index (χ1n) is 4.42. The number of rotatable bonds is 3. The molecule has 0 unspecified atom stereocenters. The number of nitrogens with zero attached hydrogens (tertiary/aromatic N) is 1. The van der Waals surface area contributed by atoms with Gasteiger partial charge < -0.3 is 5.32 Å². The maximum atomic E-state index is 11.1. The van der Waals surface area contributed by atoms with Crippen LogP contribution in [0.5, 0.6) is 0 Å². The normalized spacial score (nSPS) is 18.6. The van der Waals surface area contributed by atoms with Gasteiger partial charge in [0.1, 0.15) is 5.78 Å². The van der Waals surface area contributed by atoms with Gasteiger partial charge in [0, 0.05) is 6.42 Å². The fourth-order valence-electron chi connectivity index (χ4n) is 1.57. The van der Waals surface area contributed by atoms with Crippen LogP contribution in [0.2, 0.25) is 0 Å². The molecular weight excluding hydrogens is 152 g/mol. The van der Waals surface area contributed by atoms with Crippen molar-refractivity contribution in [2.45, 2.75) is 25.7 Å². The summed E-state index contributed by atoms with van der Waals surface area (Å²) in [6, 6.07) is 1.89. The second-order valence-electron chi connectivity index (χ2n) is 3.27. The topological polar surface area (TPSA) is 52.9 Å². The van der Waals surface area contributed by atoms with E-state index in [0.717, 1.165) is 25.9 Å². The summed E-state index contributed by atoms with van der Waals surface area (Å²) in [6.07, 6.45) is 2.85. The summed E-state index contributed by atoms with van der Waals surface area (Å²) >= 11 is 0. The number of nitriles is 1. The van der Waals surface area contributed by atoms with Crippen molar-refractivity contribution in [2.75, 3.05) is 13.1 Å². The number of hydrogen-bond donors (Lipinski definition) is 1. The monoisotopic (exact) mass is 166 g/mol. The second-order valence-corrected chi connectivity index (χ2v) is 3.27. The molecule has 0 aromatic heterocycles. The Morgan fingerprint density at radius 1 is 1.50 bits per heavy atom. The largest absolute Gasteiger partial charge is 0.317 e. The molecule has 12 heavy (non-hydrogen) atoms. The predicted molar refractivity (Wildman–Crippen MR) is 45.4 cm³/mol. The van der Waals surface area contributed by atoms with Gasteiger partial charge in [0.2, 0.25) is 0 Å². The van der Waals surface area contributed by atoms with Crippen molar-refractivity contribution in [2.24, 2.45) is 5.92 Å². The van der Waals surface area contributed by atoms with E-state index < -0.39 is 0 Å². The van der Waals surface area contributed by atoms with Crippen LogP contribution in [0.4, 0.5) is 0 Å². The van der Waals surface area contributed by atoms with Crippen LogP contribution in [-0.2, 0) is 4.79 Å². The molecular formula is C9H14N2O. The highest BCUT2D eigenvalue weighted by atomic mass is 16.1. The van der Waals surface area contributed by atoms with Gasteiger partial charge in [0.15, 0.2) is 0 Å². The lowest BCUT2D eigenvalue weighted by molar-refractivity contribution is -0.119. The summed E-state index contributed by atoms with van der Waals surface area (Å²) in [5.41, 5.74) is 0. The van der Waals surface area contributed by atoms with Crippen molar-refractivity contribution in [3.8, 4) is 6.07 Å². The highest BCUT2D eigenvalue weighted by Gasteiger charge is 2.15. The third kappa shape index (κ3) is 3.02. The number of piperidine rings is 1. The van der Waals surface area contributed by atoms with Crippen LogP contribution in [0.25, 0.3) is 0 Å². The molecule has 0 radical (unpaired) electrons. The molecule has 3 heteroatoms. The molecule has 0 amide bonds. The molecule has 1 N–H and O–H groups in total. The standard InChI is InChI=1S/C9H14N2O/c10-4-1-9(12)7-8-2-5-11-6-3-8/h8,11H,1-3,5-7H2. The molecule has 66 valence electrons. The van der Waals surface area contributed by atoms with Gasteiger partial charge in [-0.1, -0.05) is 0 Å². The minimum atomic E-state index is 0.0872. The average molecular weight is 166 g/mol. The molecule has 1 aliphatic rings. The van der Waals surface area contributed by atoms with E-state index in [0.29, 0.717) is 12.3 Å². The Balaban J connectivity index is 2.21. The summed E-state index contributed by atoms with van der Waals surface area (Å²) in [5.74, 6) is 0.622. The Labute approximate surface area is 72.8 Å². The van der Waals surface area contributed by atoms with Gasteiger partial charge in [0.25, 0.3) is 0 Å². The van der Waals surface area contributed by atoms with Crippen LogP contribution in [-0.4, -0.2) is 18.9 Å². The van der Waals surface area contributed by atoms with Crippen LogP contribution in [0.3, 0.4) is 0 Å². The van der Waals surface area contributed by atoms with Crippen LogP contribution in [0.15, 0.2) is 0 Å². The van der Waals surface area contributed by atoms with Crippen molar-refractivity contribution < 1.29 is 4.79 Å². The zero-order valence-corrected chi connectivity index (χ0v) is 7.18. The number of carbonyl (C=O) groups is 1. The summed E-state index contributed by atoms with van der Waals surface area (Å²) < 4.78 is 0. The Morgan fingerprint density at radius 2 is 2.17 bits per heavy atom. The Hall–Kier alpha value is -0.880. The summed E-state index contributed by atoms with van der Waals surface area (Å²) in [5, 5.41) is 11.5. The van der Waals surface area contributed by atoms with Gasteiger partial charge >= 0.3 is 0 Å². The number of nitrogens with one attached hydrogen (secondary N) is 1. The van der Waals surface area contributed by atoms with Gasteiger partial charge in [0.05, 0.1) is 12.5 Å². The molecule has 1 saturated heterocycles. The van der Waals surface area contributed by atoms with Crippen molar-refractivity contribution >= 4 is 5.78 Å². The lowest BCUT2D eigenvalue weighted by Crippen LogP contribution is -2.28. The van der Waals surface area contributed by atoms with Gasteiger partial charge in [-0.05, 0) is 31.8 Å². The van der Waals surface area contributed by atoms with E-state index in [2.05, 4.69) is 5.32 Å². The average Bonchev–Trinajstić information content (AvgIpc) is 2.06. The van der Waals surface area contributed by atoms with Crippen molar-refractivity contribution in [1.82, 2.24) is 5.32 Å². The van der Waals surface area contributed by atoms with Crippen LogP contribution in [0.1, 0.15) is 25.7 Å². The van der Waals surface area contributed by atoms with Crippen LogP contribution < -0.4 is 5.32 Å². The van der Waals surface area contributed by atoms with Gasteiger partial charge in [-0.15, -0.1) is 0 Å². The first kappa shape index (κ1) is 9.21. The van der Waals surface area contributed by atoms with E-state index >= 15 is 0 Å². The summed E-state index contributed by atoms with van der Waals surface area (Å²) in [4.78, 5) is 11.1. The molecule has 0 bridgehead atoms. The first-order valence-corrected chi connectivity index (χ1v) is 4.42. The predicted octanol–water partition coefficient (Wildman–Crippen LogP) is 0.859. The molecule has 0 aliphatic carbocycles. The molecule has 0 aromatic carbocycles. The number of carbonyl (C=O) groups excluding carboxylic acids is 1. The van der Waals surface area contributed by atoms with E-state index in [1.807, 2.05) is 6.07 Å². The Morgan fingerprint density at radius 3 is 2.75 bits per heavy atom. The molecule has 1 fully saturated rings. The Kier molecular flexibility index (Phi) is 3.75. The molecule has 0 aromatic rings. The third-order valence-corrected chi connectivity index (χ3v) is 2.25. The quantitative estimate of drug-likeness (QED) is 0.676. The molecule has 1 aliphatic heterocycles. The minimum Gasteiger partial charge on any atom is -0.317 e. The molecule has 0 atom stereocenters. The second kappa shape index (κ2) is 4.89. The zero-order valence-electron chi connectivity index (χ0n) is 7.18. The maximum absolute atomic E-state index is 11.1. The van der Waals surface area contributed by atoms with E-state index in [4.69, 9.17) is 5.26 Å². The highest BCUT2D eigenvalue weighted by Crippen LogP contribution is 2.16. The lowest BCUT2D eigenvalue weighted by atomic mass is 9.92. The van der Waals surface area contributed by atoms with Crippen molar-refractivity contribution in [1.29, 1.82) is 5.26 Å². The van der Waals surface area contributed by atoms with Gasteiger partial charge in [-0.2, -0.15) is 5.26 Å². The molecule has 1 heterocycles. The van der Waals surface area contributed by atoms with E-state index in [1.54, 1.807) is 0 Å². The van der Waals surface area contributed by atoms with Gasteiger partial charge in [-0.3, -0.25) is 4.79 Å². The number of Topliss-reactive ketones (excluding diaryl/α,β-unsaturated/α-hetero) is 1. The smallest absolute Gasteiger partial charge is 0.147 e. The SMILES string of the molecule is N#CCC(=O)CC1CCNCC1. The fourth-order valence-corrected chi connectivity index (χ4v) is 1.57. The minimum absolute atomic E-state index is 0.0872. The molecule has 1 rings (SSSR count). The van der Waals surface area contributed by atoms with E-state index in [1.165, 1.54) is 0 Å².